The van der Waals surface area contributed by atoms with Crippen molar-refractivity contribution in [3.8, 4) is 0 Å². The molecule has 1 heterocycles. The Bertz CT molecular complexity index is 716. The van der Waals surface area contributed by atoms with E-state index in [1.54, 1.807) is 35.3 Å². The second-order valence-electron chi connectivity index (χ2n) is 6.69. The molecule has 0 aliphatic carbocycles. The van der Waals surface area contributed by atoms with Gasteiger partial charge in [-0.05, 0) is 43.5 Å². The number of amides is 2. The molecule has 0 aliphatic rings. The minimum absolute atomic E-state index is 0.147. The van der Waals surface area contributed by atoms with Gasteiger partial charge in [0.1, 0.15) is 18.7 Å². The Morgan fingerprint density at radius 2 is 1.85 bits per heavy atom. The SMILES string of the molecule is CC(C)CC(NC(=O)c1ccc(Cl)cc1)C(=O)NC(C)Cn1cncn1. The number of rotatable bonds is 8. The van der Waals surface area contributed by atoms with E-state index in [1.807, 2.05) is 20.8 Å². The summed E-state index contributed by atoms with van der Waals surface area (Å²) in [6, 6.07) is 5.80. The maximum Gasteiger partial charge on any atom is 0.251 e. The fraction of sp³-hybridized carbons (Fsp3) is 0.444. The van der Waals surface area contributed by atoms with Gasteiger partial charge in [-0.25, -0.2) is 4.98 Å². The van der Waals surface area contributed by atoms with Crippen molar-refractivity contribution in [3.63, 3.8) is 0 Å². The Morgan fingerprint density at radius 1 is 1.15 bits per heavy atom. The number of carbonyl (C=O) groups is 2. The van der Waals surface area contributed by atoms with Crippen LogP contribution in [0.2, 0.25) is 5.02 Å². The largest absolute Gasteiger partial charge is 0.350 e. The average molecular weight is 378 g/mol. The monoisotopic (exact) mass is 377 g/mol. The molecule has 0 fully saturated rings. The highest BCUT2D eigenvalue weighted by molar-refractivity contribution is 6.30. The van der Waals surface area contributed by atoms with Crippen molar-refractivity contribution in [1.29, 1.82) is 0 Å². The normalized spacial score (nSPS) is 13.3. The highest BCUT2D eigenvalue weighted by Crippen LogP contribution is 2.11. The van der Waals surface area contributed by atoms with Crippen molar-refractivity contribution in [2.75, 3.05) is 0 Å². The van der Waals surface area contributed by atoms with E-state index in [1.165, 1.54) is 6.33 Å². The molecule has 7 nitrogen and oxygen atoms in total. The molecule has 0 spiro atoms. The Balaban J connectivity index is 1.99. The summed E-state index contributed by atoms with van der Waals surface area (Å²) in [4.78, 5) is 29.0. The maximum absolute atomic E-state index is 12.6. The third-order valence-electron chi connectivity index (χ3n) is 3.75. The van der Waals surface area contributed by atoms with E-state index in [4.69, 9.17) is 11.6 Å². The van der Waals surface area contributed by atoms with Gasteiger partial charge in [0.2, 0.25) is 5.91 Å². The lowest BCUT2D eigenvalue weighted by atomic mass is 10.0. The van der Waals surface area contributed by atoms with Crippen LogP contribution in [0.5, 0.6) is 0 Å². The average Bonchev–Trinajstić information content (AvgIpc) is 3.07. The van der Waals surface area contributed by atoms with Crippen LogP contribution in [0, 0.1) is 5.92 Å². The first-order chi connectivity index (χ1) is 12.3. The van der Waals surface area contributed by atoms with E-state index in [0.717, 1.165) is 0 Å². The van der Waals surface area contributed by atoms with Crippen molar-refractivity contribution in [2.45, 2.75) is 45.8 Å². The van der Waals surface area contributed by atoms with Gasteiger partial charge in [0, 0.05) is 16.6 Å². The van der Waals surface area contributed by atoms with E-state index in [9.17, 15) is 9.59 Å². The minimum atomic E-state index is -0.614. The summed E-state index contributed by atoms with van der Waals surface area (Å²) in [5, 5.41) is 10.3. The number of nitrogens with zero attached hydrogens (tertiary/aromatic N) is 3. The van der Waals surface area contributed by atoms with Crippen molar-refractivity contribution >= 4 is 23.4 Å². The van der Waals surface area contributed by atoms with Crippen LogP contribution in [0.4, 0.5) is 0 Å². The fourth-order valence-corrected chi connectivity index (χ4v) is 2.67. The summed E-state index contributed by atoms with van der Waals surface area (Å²) in [7, 11) is 0. The minimum Gasteiger partial charge on any atom is -0.350 e. The third-order valence-corrected chi connectivity index (χ3v) is 4.00. The van der Waals surface area contributed by atoms with E-state index < -0.39 is 6.04 Å². The molecule has 2 atom stereocenters. The topological polar surface area (TPSA) is 88.9 Å². The molecule has 2 amide bonds. The molecule has 2 unspecified atom stereocenters. The van der Waals surface area contributed by atoms with Gasteiger partial charge in [-0.2, -0.15) is 5.10 Å². The lowest BCUT2D eigenvalue weighted by molar-refractivity contribution is -0.124. The lowest BCUT2D eigenvalue weighted by Crippen LogP contribution is -2.50. The maximum atomic E-state index is 12.6. The third kappa shape index (κ3) is 6.15. The molecule has 1 aromatic carbocycles. The van der Waals surface area contributed by atoms with Crippen molar-refractivity contribution < 1.29 is 9.59 Å². The second kappa shape index (κ2) is 9.33. The number of hydrogen-bond donors (Lipinski definition) is 2. The van der Waals surface area contributed by atoms with Crippen LogP contribution < -0.4 is 10.6 Å². The summed E-state index contributed by atoms with van der Waals surface area (Å²) >= 11 is 5.85. The zero-order valence-electron chi connectivity index (χ0n) is 15.1. The van der Waals surface area contributed by atoms with E-state index in [0.29, 0.717) is 23.6 Å². The Hall–Kier alpha value is -2.41. The van der Waals surface area contributed by atoms with Gasteiger partial charge in [0.05, 0.1) is 6.54 Å². The summed E-state index contributed by atoms with van der Waals surface area (Å²) in [5.41, 5.74) is 0.464. The van der Waals surface area contributed by atoms with Gasteiger partial charge in [-0.3, -0.25) is 14.3 Å². The van der Waals surface area contributed by atoms with Crippen LogP contribution in [-0.4, -0.2) is 38.7 Å². The molecule has 140 valence electrons. The highest BCUT2D eigenvalue weighted by Gasteiger charge is 2.23. The molecule has 2 rings (SSSR count). The summed E-state index contributed by atoms with van der Waals surface area (Å²) in [5.74, 6) is -0.262. The predicted molar refractivity (Wildman–Crippen MR) is 99.8 cm³/mol. The second-order valence-corrected chi connectivity index (χ2v) is 7.13. The molecule has 26 heavy (non-hydrogen) atoms. The van der Waals surface area contributed by atoms with Crippen molar-refractivity contribution in [1.82, 2.24) is 25.4 Å². The first-order valence-electron chi connectivity index (χ1n) is 8.54. The Morgan fingerprint density at radius 3 is 2.42 bits per heavy atom. The molecule has 0 aliphatic heterocycles. The highest BCUT2D eigenvalue weighted by atomic mass is 35.5. The number of carbonyl (C=O) groups excluding carboxylic acids is 2. The van der Waals surface area contributed by atoms with E-state index in [2.05, 4.69) is 20.7 Å². The summed E-state index contributed by atoms with van der Waals surface area (Å²) in [6.07, 6.45) is 3.58. The van der Waals surface area contributed by atoms with E-state index >= 15 is 0 Å². The van der Waals surface area contributed by atoms with Gasteiger partial charge in [-0.1, -0.05) is 25.4 Å². The molecule has 0 bridgehead atoms. The van der Waals surface area contributed by atoms with Gasteiger partial charge in [0.15, 0.2) is 0 Å². The molecule has 8 heteroatoms. The number of halogens is 1. The number of benzene rings is 1. The standard InChI is InChI=1S/C18H24ClN5O2/c1-12(2)8-16(23-17(25)14-4-6-15(19)7-5-14)18(26)22-13(3)9-24-11-20-10-21-24/h4-7,10-13,16H,8-9H2,1-3H3,(H,22,26)(H,23,25). The molecule has 0 saturated heterocycles. The first-order valence-corrected chi connectivity index (χ1v) is 8.92. The molecular formula is C18H24ClN5O2. The van der Waals surface area contributed by atoms with Crippen LogP contribution >= 0.6 is 11.6 Å². The van der Waals surface area contributed by atoms with Crippen molar-refractivity contribution in [3.05, 3.63) is 47.5 Å². The van der Waals surface area contributed by atoms with Gasteiger partial charge >= 0.3 is 0 Å². The van der Waals surface area contributed by atoms with Crippen LogP contribution in [-0.2, 0) is 11.3 Å². The summed E-state index contributed by atoms with van der Waals surface area (Å²) in [6.45, 7) is 6.40. The molecule has 2 aromatic rings. The van der Waals surface area contributed by atoms with Crippen LogP contribution in [0.25, 0.3) is 0 Å². The molecule has 1 aromatic heterocycles. The van der Waals surface area contributed by atoms with Crippen LogP contribution in [0.15, 0.2) is 36.9 Å². The lowest BCUT2D eigenvalue weighted by Gasteiger charge is -2.22. The van der Waals surface area contributed by atoms with Gasteiger partial charge < -0.3 is 10.6 Å². The number of nitrogens with one attached hydrogen (secondary N) is 2. The van der Waals surface area contributed by atoms with Crippen LogP contribution in [0.3, 0.4) is 0 Å². The fourth-order valence-electron chi connectivity index (χ4n) is 2.54. The smallest absolute Gasteiger partial charge is 0.251 e. The first kappa shape index (κ1) is 19.9. The Kier molecular flexibility index (Phi) is 7.15. The van der Waals surface area contributed by atoms with Gasteiger partial charge in [0.25, 0.3) is 5.91 Å². The van der Waals surface area contributed by atoms with Crippen LogP contribution in [0.1, 0.15) is 37.6 Å². The van der Waals surface area contributed by atoms with E-state index in [-0.39, 0.29) is 23.8 Å². The van der Waals surface area contributed by atoms with Crippen molar-refractivity contribution in [2.24, 2.45) is 5.92 Å². The Labute approximate surface area is 158 Å². The molecule has 2 N–H and O–H groups in total. The number of hydrogen-bond acceptors (Lipinski definition) is 4. The summed E-state index contributed by atoms with van der Waals surface area (Å²) < 4.78 is 1.65. The quantitative estimate of drug-likeness (QED) is 0.738. The molecule has 0 radical (unpaired) electrons. The zero-order chi connectivity index (χ0) is 19.1. The molecule has 0 saturated carbocycles. The predicted octanol–water partition coefficient (Wildman–Crippen LogP) is 2.28. The zero-order valence-corrected chi connectivity index (χ0v) is 15.9. The molecular weight excluding hydrogens is 354 g/mol. The van der Waals surface area contributed by atoms with Gasteiger partial charge in [-0.15, -0.1) is 0 Å². The number of aromatic nitrogens is 3.